The molecular weight excluding hydrogens is 304 g/mol. The lowest BCUT2D eigenvalue weighted by Gasteiger charge is -2.43. The predicted octanol–water partition coefficient (Wildman–Crippen LogP) is 2.64. The number of carbonyl (C=O) groups excluding carboxylic acids is 2. The SMILES string of the molecule is O=C1C=C(C2CC34CCCCC3=CN3C=CCCC3=C4O2)C(=O)N1. The molecule has 0 aromatic heterocycles. The van der Waals surface area contributed by atoms with Crippen molar-refractivity contribution in [3.8, 4) is 0 Å². The van der Waals surface area contributed by atoms with Crippen LogP contribution in [0, 0.1) is 5.41 Å². The van der Waals surface area contributed by atoms with Gasteiger partial charge in [0.25, 0.3) is 11.8 Å². The third kappa shape index (κ3) is 1.81. The molecule has 0 bridgehead atoms. The molecule has 0 aromatic carbocycles. The highest BCUT2D eigenvalue weighted by molar-refractivity contribution is 6.16. The normalized spacial score (nSPS) is 34.2. The van der Waals surface area contributed by atoms with Crippen LogP contribution in [0.3, 0.4) is 0 Å². The third-order valence-electron chi connectivity index (χ3n) is 5.96. The number of rotatable bonds is 1. The minimum Gasteiger partial charge on any atom is -0.487 e. The van der Waals surface area contributed by atoms with Gasteiger partial charge in [-0.1, -0.05) is 12.5 Å². The van der Waals surface area contributed by atoms with Crippen molar-refractivity contribution in [1.82, 2.24) is 10.2 Å². The average molecular weight is 324 g/mol. The molecule has 5 rings (SSSR count). The molecular formula is C19H20N2O3. The van der Waals surface area contributed by atoms with E-state index in [4.69, 9.17) is 4.74 Å². The molecule has 4 aliphatic heterocycles. The van der Waals surface area contributed by atoms with Gasteiger partial charge in [-0.3, -0.25) is 14.9 Å². The molecule has 1 saturated carbocycles. The van der Waals surface area contributed by atoms with E-state index in [1.807, 2.05) is 0 Å². The first-order valence-electron chi connectivity index (χ1n) is 8.81. The Hall–Kier alpha value is -2.30. The first-order chi connectivity index (χ1) is 11.7. The summed E-state index contributed by atoms with van der Waals surface area (Å²) in [4.78, 5) is 25.8. The number of allylic oxidation sites excluding steroid dienone is 3. The number of ether oxygens (including phenoxy) is 1. The van der Waals surface area contributed by atoms with Gasteiger partial charge in [0.05, 0.1) is 16.7 Å². The molecule has 2 amide bonds. The van der Waals surface area contributed by atoms with E-state index < -0.39 is 0 Å². The molecule has 124 valence electrons. The van der Waals surface area contributed by atoms with Crippen molar-refractivity contribution in [3.63, 3.8) is 0 Å². The zero-order valence-corrected chi connectivity index (χ0v) is 13.5. The van der Waals surface area contributed by atoms with Gasteiger partial charge in [0.15, 0.2) is 0 Å². The standard InChI is InChI=1S/C19H20N2O3/c22-16-9-13(18(23)20-16)15-10-19-7-3-1-5-12(19)11-21-8-4-2-6-14(21)17(19)24-15/h4,8-9,11,15H,1-3,5-7,10H2,(H,20,22,23). The van der Waals surface area contributed by atoms with Crippen LogP contribution in [0.4, 0.5) is 0 Å². The van der Waals surface area contributed by atoms with Crippen molar-refractivity contribution in [2.75, 3.05) is 0 Å². The van der Waals surface area contributed by atoms with Gasteiger partial charge in [-0.05, 0) is 37.7 Å². The van der Waals surface area contributed by atoms with E-state index in [2.05, 4.69) is 28.7 Å². The van der Waals surface area contributed by atoms with E-state index in [9.17, 15) is 9.59 Å². The highest BCUT2D eigenvalue weighted by Gasteiger charge is 2.54. The van der Waals surface area contributed by atoms with Crippen molar-refractivity contribution in [3.05, 3.63) is 47.2 Å². The molecule has 0 aromatic rings. The Labute approximate surface area is 140 Å². The minimum atomic E-state index is -0.328. The maximum Gasteiger partial charge on any atom is 0.257 e. The van der Waals surface area contributed by atoms with Crippen molar-refractivity contribution < 1.29 is 14.3 Å². The fourth-order valence-electron chi connectivity index (χ4n) is 4.86. The summed E-state index contributed by atoms with van der Waals surface area (Å²) in [5, 5.41) is 2.35. The summed E-state index contributed by atoms with van der Waals surface area (Å²) < 4.78 is 6.38. The number of hydrogen-bond donors (Lipinski definition) is 1. The second-order valence-electron chi connectivity index (χ2n) is 7.28. The van der Waals surface area contributed by atoms with Gasteiger partial charge in [-0.15, -0.1) is 0 Å². The van der Waals surface area contributed by atoms with Crippen LogP contribution in [-0.4, -0.2) is 22.8 Å². The zero-order valence-electron chi connectivity index (χ0n) is 13.5. The third-order valence-corrected chi connectivity index (χ3v) is 5.96. The van der Waals surface area contributed by atoms with Gasteiger partial charge in [-0.2, -0.15) is 0 Å². The second-order valence-corrected chi connectivity index (χ2v) is 7.28. The summed E-state index contributed by atoms with van der Waals surface area (Å²) in [5.41, 5.74) is 3.08. The molecule has 2 unspecified atom stereocenters. The highest BCUT2D eigenvalue weighted by atomic mass is 16.5. The molecule has 5 aliphatic rings. The van der Waals surface area contributed by atoms with Gasteiger partial charge in [-0.25, -0.2) is 0 Å². The van der Waals surface area contributed by atoms with E-state index in [0.717, 1.165) is 37.9 Å². The molecule has 1 aliphatic carbocycles. The van der Waals surface area contributed by atoms with Crippen LogP contribution in [0.25, 0.3) is 0 Å². The lowest BCUT2D eigenvalue weighted by atomic mass is 9.65. The Balaban J connectivity index is 1.60. The average Bonchev–Trinajstić information content (AvgIpc) is 3.12. The van der Waals surface area contributed by atoms with Crippen LogP contribution in [0.15, 0.2) is 47.2 Å². The van der Waals surface area contributed by atoms with E-state index in [-0.39, 0.29) is 23.3 Å². The number of amides is 2. The van der Waals surface area contributed by atoms with Gasteiger partial charge < -0.3 is 9.64 Å². The summed E-state index contributed by atoms with van der Waals surface area (Å²) >= 11 is 0. The van der Waals surface area contributed by atoms with E-state index in [1.54, 1.807) is 0 Å². The van der Waals surface area contributed by atoms with Crippen LogP contribution >= 0.6 is 0 Å². The summed E-state index contributed by atoms with van der Waals surface area (Å²) in [5.74, 6) is 0.430. The van der Waals surface area contributed by atoms with Crippen LogP contribution in [0.2, 0.25) is 0 Å². The first kappa shape index (κ1) is 14.1. The minimum absolute atomic E-state index is 0.0628. The Morgan fingerprint density at radius 1 is 1.25 bits per heavy atom. The quantitative estimate of drug-likeness (QED) is 0.753. The van der Waals surface area contributed by atoms with Crippen LogP contribution in [0.5, 0.6) is 0 Å². The van der Waals surface area contributed by atoms with Gasteiger partial charge in [0, 0.05) is 24.9 Å². The largest absolute Gasteiger partial charge is 0.487 e. The maximum atomic E-state index is 12.1. The Kier molecular flexibility index (Phi) is 2.84. The van der Waals surface area contributed by atoms with E-state index in [0.29, 0.717) is 5.57 Å². The monoisotopic (exact) mass is 324 g/mol. The number of fused-ring (bicyclic) bond motifs is 1. The van der Waals surface area contributed by atoms with Crippen LogP contribution in [-0.2, 0) is 14.3 Å². The van der Waals surface area contributed by atoms with Crippen molar-refractivity contribution >= 4 is 11.8 Å². The lowest BCUT2D eigenvalue weighted by Crippen LogP contribution is -2.34. The second kappa shape index (κ2) is 4.85. The fourth-order valence-corrected chi connectivity index (χ4v) is 4.86. The highest BCUT2D eigenvalue weighted by Crippen LogP contribution is 2.59. The molecule has 4 heterocycles. The summed E-state index contributed by atoms with van der Waals surface area (Å²) in [7, 11) is 0. The van der Waals surface area contributed by atoms with Crippen molar-refractivity contribution in [2.45, 2.75) is 51.0 Å². The summed E-state index contributed by atoms with van der Waals surface area (Å²) in [6.07, 6.45) is 15.0. The van der Waals surface area contributed by atoms with E-state index >= 15 is 0 Å². The van der Waals surface area contributed by atoms with E-state index in [1.165, 1.54) is 30.2 Å². The molecule has 0 radical (unpaired) electrons. The smallest absolute Gasteiger partial charge is 0.257 e. The zero-order chi connectivity index (χ0) is 16.3. The van der Waals surface area contributed by atoms with Crippen LogP contribution in [0.1, 0.15) is 44.9 Å². The van der Waals surface area contributed by atoms with Crippen molar-refractivity contribution in [1.29, 1.82) is 0 Å². The maximum absolute atomic E-state index is 12.1. The van der Waals surface area contributed by atoms with Gasteiger partial charge >= 0.3 is 0 Å². The van der Waals surface area contributed by atoms with Gasteiger partial charge in [0.1, 0.15) is 11.9 Å². The Bertz CT molecular complexity index is 773. The molecule has 1 saturated heterocycles. The number of carbonyl (C=O) groups is 2. The molecule has 1 spiro atoms. The first-order valence-corrected chi connectivity index (χ1v) is 8.81. The Morgan fingerprint density at radius 2 is 2.17 bits per heavy atom. The van der Waals surface area contributed by atoms with Gasteiger partial charge in [0.2, 0.25) is 0 Å². The number of nitrogens with zero attached hydrogens (tertiary/aromatic N) is 1. The topological polar surface area (TPSA) is 58.6 Å². The molecule has 5 heteroatoms. The lowest BCUT2D eigenvalue weighted by molar-refractivity contribution is -0.124. The summed E-state index contributed by atoms with van der Waals surface area (Å²) in [6.45, 7) is 0. The molecule has 2 fully saturated rings. The molecule has 2 atom stereocenters. The van der Waals surface area contributed by atoms with Crippen LogP contribution < -0.4 is 5.32 Å². The number of nitrogens with one attached hydrogen (secondary N) is 1. The Morgan fingerprint density at radius 3 is 3.00 bits per heavy atom. The number of hydrogen-bond acceptors (Lipinski definition) is 4. The number of imide groups is 1. The van der Waals surface area contributed by atoms with Crippen molar-refractivity contribution in [2.24, 2.45) is 5.41 Å². The summed E-state index contributed by atoms with van der Waals surface area (Å²) in [6, 6.07) is 0. The molecule has 5 nitrogen and oxygen atoms in total. The predicted molar refractivity (Wildman–Crippen MR) is 86.9 cm³/mol. The fraction of sp³-hybridized carbons (Fsp3) is 0.474. The molecule has 1 N–H and O–H groups in total. The molecule has 24 heavy (non-hydrogen) atoms.